The van der Waals surface area contributed by atoms with E-state index in [4.69, 9.17) is 18.0 Å². The number of halogens is 1. The fourth-order valence-electron chi connectivity index (χ4n) is 2.33. The maximum atomic E-state index is 12.6. The molecular formula is C19H18ClN3O4S. The molecule has 2 aromatic carbocycles. The quantitative estimate of drug-likeness (QED) is 0.703. The second-order valence-corrected chi connectivity index (χ2v) is 8.16. The summed E-state index contributed by atoms with van der Waals surface area (Å²) in [5.41, 5.74) is 1.40. The molecule has 0 saturated heterocycles. The fraction of sp³-hybridized carbons (Fsp3) is 0.158. The molecule has 0 unspecified atom stereocenters. The number of nitrogens with zero attached hydrogens (tertiary/aromatic N) is 1. The van der Waals surface area contributed by atoms with Crippen LogP contribution in [0.5, 0.6) is 0 Å². The maximum absolute atomic E-state index is 12.6. The minimum atomic E-state index is -3.56. The Bertz CT molecular complexity index is 1060. The van der Waals surface area contributed by atoms with Crippen molar-refractivity contribution in [2.45, 2.75) is 0 Å². The van der Waals surface area contributed by atoms with E-state index in [1.807, 2.05) is 0 Å². The van der Waals surface area contributed by atoms with Crippen LogP contribution in [0.15, 0.2) is 42.5 Å². The molecule has 0 atom stereocenters. The number of hydrogen-bond acceptors (Lipinski definition) is 4. The highest BCUT2D eigenvalue weighted by Gasteiger charge is 2.17. The van der Waals surface area contributed by atoms with Crippen molar-refractivity contribution >= 4 is 44.8 Å². The van der Waals surface area contributed by atoms with Crippen molar-refractivity contribution in [3.8, 4) is 12.3 Å². The molecule has 0 aliphatic carbocycles. The highest BCUT2D eigenvalue weighted by molar-refractivity contribution is 7.92. The largest absolute Gasteiger partial charge is 0.332 e. The molecule has 0 aromatic heterocycles. The van der Waals surface area contributed by atoms with E-state index in [0.29, 0.717) is 11.3 Å². The van der Waals surface area contributed by atoms with E-state index in [9.17, 15) is 18.0 Å². The van der Waals surface area contributed by atoms with Crippen molar-refractivity contribution in [2.24, 2.45) is 0 Å². The van der Waals surface area contributed by atoms with Crippen LogP contribution in [-0.4, -0.2) is 45.0 Å². The minimum Gasteiger partial charge on any atom is -0.332 e. The zero-order valence-electron chi connectivity index (χ0n) is 15.2. The molecule has 0 fully saturated rings. The third-order valence-electron chi connectivity index (χ3n) is 3.55. The summed E-state index contributed by atoms with van der Waals surface area (Å²) in [5, 5.41) is 2.81. The van der Waals surface area contributed by atoms with E-state index >= 15 is 0 Å². The average molecular weight is 420 g/mol. The number of nitrogens with one attached hydrogen (secondary N) is 2. The summed E-state index contributed by atoms with van der Waals surface area (Å²) >= 11 is 5.96. The van der Waals surface area contributed by atoms with Crippen LogP contribution in [0.3, 0.4) is 0 Å². The predicted molar refractivity (Wildman–Crippen MR) is 110 cm³/mol. The Balaban J connectivity index is 2.08. The molecule has 2 amide bonds. The number of hydrogen-bond donors (Lipinski definition) is 2. The summed E-state index contributed by atoms with van der Waals surface area (Å²) in [7, 11) is -2.10. The summed E-state index contributed by atoms with van der Waals surface area (Å²) in [6.07, 6.45) is 6.30. The number of likely N-dealkylation sites (N-methyl/N-ethyl adjacent to an activating group) is 1. The Morgan fingerprint density at radius 2 is 1.93 bits per heavy atom. The highest BCUT2D eigenvalue weighted by atomic mass is 35.5. The summed E-state index contributed by atoms with van der Waals surface area (Å²) < 4.78 is 25.0. The third kappa shape index (κ3) is 6.01. The van der Waals surface area contributed by atoms with Gasteiger partial charge in [-0.15, -0.1) is 6.42 Å². The first kappa shape index (κ1) is 21.3. The van der Waals surface area contributed by atoms with Gasteiger partial charge in [0, 0.05) is 23.9 Å². The predicted octanol–water partition coefficient (Wildman–Crippen LogP) is 2.40. The summed E-state index contributed by atoms with van der Waals surface area (Å²) in [6, 6.07) is 10.9. The van der Waals surface area contributed by atoms with Gasteiger partial charge in [-0.2, -0.15) is 0 Å². The van der Waals surface area contributed by atoms with E-state index in [2.05, 4.69) is 16.0 Å². The van der Waals surface area contributed by atoms with Crippen LogP contribution in [0.1, 0.15) is 15.9 Å². The monoisotopic (exact) mass is 419 g/mol. The molecule has 2 aromatic rings. The summed E-state index contributed by atoms with van der Waals surface area (Å²) in [4.78, 5) is 26.0. The zero-order chi connectivity index (χ0) is 20.9. The van der Waals surface area contributed by atoms with Gasteiger partial charge in [-0.3, -0.25) is 14.3 Å². The van der Waals surface area contributed by atoms with Crippen molar-refractivity contribution in [1.29, 1.82) is 0 Å². The van der Waals surface area contributed by atoms with Crippen LogP contribution in [0, 0.1) is 12.3 Å². The molecule has 0 saturated carbocycles. The van der Waals surface area contributed by atoms with E-state index in [1.54, 1.807) is 24.3 Å². The Hall–Kier alpha value is -3.02. The molecule has 0 spiro atoms. The highest BCUT2D eigenvalue weighted by Crippen LogP contribution is 2.24. The van der Waals surface area contributed by atoms with Crippen LogP contribution in [0.2, 0.25) is 5.02 Å². The lowest BCUT2D eigenvalue weighted by Gasteiger charge is -2.18. The average Bonchev–Trinajstić information content (AvgIpc) is 2.61. The smallest absolute Gasteiger partial charge is 0.254 e. The molecule has 9 heteroatoms. The van der Waals surface area contributed by atoms with Crippen LogP contribution in [0.4, 0.5) is 11.4 Å². The Morgan fingerprint density at radius 1 is 1.21 bits per heavy atom. The van der Waals surface area contributed by atoms with Crippen LogP contribution in [-0.2, 0) is 14.8 Å². The van der Waals surface area contributed by atoms with Crippen LogP contribution >= 0.6 is 11.6 Å². The molecule has 28 heavy (non-hydrogen) atoms. The molecule has 0 aliphatic rings. The number of carbonyl (C=O) groups is 2. The topological polar surface area (TPSA) is 95.6 Å². The van der Waals surface area contributed by atoms with Gasteiger partial charge in [-0.1, -0.05) is 23.6 Å². The van der Waals surface area contributed by atoms with Crippen molar-refractivity contribution < 1.29 is 18.0 Å². The maximum Gasteiger partial charge on any atom is 0.254 e. The van der Waals surface area contributed by atoms with Crippen molar-refractivity contribution in [1.82, 2.24) is 4.90 Å². The van der Waals surface area contributed by atoms with Crippen molar-refractivity contribution in [3.63, 3.8) is 0 Å². The zero-order valence-corrected chi connectivity index (χ0v) is 16.8. The van der Waals surface area contributed by atoms with Gasteiger partial charge < -0.3 is 10.2 Å². The molecule has 2 N–H and O–H groups in total. The van der Waals surface area contributed by atoms with Gasteiger partial charge in [-0.05, 0) is 36.4 Å². The van der Waals surface area contributed by atoms with Crippen LogP contribution < -0.4 is 10.0 Å². The molecule has 2 rings (SSSR count). The van der Waals surface area contributed by atoms with E-state index in [0.717, 1.165) is 6.26 Å². The second-order valence-electron chi connectivity index (χ2n) is 6.00. The van der Waals surface area contributed by atoms with Crippen LogP contribution in [0.25, 0.3) is 0 Å². The van der Waals surface area contributed by atoms with Crippen molar-refractivity contribution in [3.05, 3.63) is 58.6 Å². The van der Waals surface area contributed by atoms with Gasteiger partial charge in [0.15, 0.2) is 0 Å². The summed E-state index contributed by atoms with van der Waals surface area (Å²) in [6.45, 7) is -0.212. The summed E-state index contributed by atoms with van der Waals surface area (Å²) in [5.74, 6) is 1.59. The number of anilines is 2. The normalized spacial score (nSPS) is 10.6. The minimum absolute atomic E-state index is 0.0824. The number of benzene rings is 2. The molecule has 0 heterocycles. The van der Waals surface area contributed by atoms with Gasteiger partial charge in [-0.25, -0.2) is 8.42 Å². The fourth-order valence-corrected chi connectivity index (χ4v) is 3.12. The Kier molecular flexibility index (Phi) is 6.67. The molecule has 7 nitrogen and oxygen atoms in total. The molecular weight excluding hydrogens is 402 g/mol. The molecule has 0 bridgehead atoms. The van der Waals surface area contributed by atoms with Gasteiger partial charge in [0.1, 0.15) is 0 Å². The number of rotatable bonds is 6. The molecule has 0 radical (unpaired) electrons. The second kappa shape index (κ2) is 8.78. The molecule has 146 valence electrons. The Morgan fingerprint density at radius 3 is 2.57 bits per heavy atom. The lowest BCUT2D eigenvalue weighted by atomic mass is 10.2. The Labute approximate surface area is 168 Å². The lowest BCUT2D eigenvalue weighted by molar-refractivity contribution is -0.116. The third-order valence-corrected chi connectivity index (χ3v) is 4.47. The molecule has 0 aliphatic heterocycles. The lowest BCUT2D eigenvalue weighted by Crippen LogP contribution is -2.35. The number of sulfonamides is 1. The number of terminal acetylenes is 1. The SMILES string of the molecule is C#Cc1cccc(NC(=O)CN(C)C(=O)c2ccc(Cl)c(NS(C)(=O)=O)c2)c1. The first-order chi connectivity index (χ1) is 13.1. The van der Waals surface area contributed by atoms with E-state index in [-0.39, 0.29) is 22.8 Å². The van der Waals surface area contributed by atoms with E-state index in [1.165, 1.54) is 30.1 Å². The first-order valence-corrected chi connectivity index (χ1v) is 10.3. The van der Waals surface area contributed by atoms with Gasteiger partial charge in [0.2, 0.25) is 15.9 Å². The number of amides is 2. The standard InChI is InChI=1S/C19H18ClN3O4S/c1-4-13-6-5-7-15(10-13)21-18(24)12-23(2)19(25)14-8-9-16(20)17(11-14)22-28(3,26)27/h1,5-11,22H,12H2,2-3H3,(H,21,24). The van der Waals surface area contributed by atoms with E-state index < -0.39 is 21.8 Å². The number of carbonyl (C=O) groups excluding carboxylic acids is 2. The van der Waals surface area contributed by atoms with Gasteiger partial charge in [0.05, 0.1) is 23.5 Å². The van der Waals surface area contributed by atoms with Gasteiger partial charge >= 0.3 is 0 Å². The van der Waals surface area contributed by atoms with Gasteiger partial charge in [0.25, 0.3) is 5.91 Å². The first-order valence-electron chi connectivity index (χ1n) is 7.98. The van der Waals surface area contributed by atoms with Crippen molar-refractivity contribution in [2.75, 3.05) is 29.9 Å².